The summed E-state index contributed by atoms with van der Waals surface area (Å²) in [5.74, 6) is 0.689. The first kappa shape index (κ1) is 11.7. The first-order valence-corrected chi connectivity index (χ1v) is 5.56. The largest absolute Gasteiger partial charge is 0.378 e. The van der Waals surface area contributed by atoms with Crippen molar-refractivity contribution in [2.24, 2.45) is 5.92 Å². The Kier molecular flexibility index (Phi) is 4.63. The van der Waals surface area contributed by atoms with Crippen LogP contribution in [0.25, 0.3) is 0 Å². The summed E-state index contributed by atoms with van der Waals surface area (Å²) in [6, 6.07) is 0.594. The van der Waals surface area contributed by atoms with Crippen LogP contribution in [0.4, 0.5) is 0 Å². The lowest BCUT2D eigenvalue weighted by Crippen LogP contribution is -2.34. The Morgan fingerprint density at radius 1 is 1.64 bits per heavy atom. The summed E-state index contributed by atoms with van der Waals surface area (Å²) in [4.78, 5) is 0. The van der Waals surface area contributed by atoms with E-state index in [4.69, 9.17) is 4.74 Å². The van der Waals surface area contributed by atoms with Gasteiger partial charge in [-0.2, -0.15) is 0 Å². The van der Waals surface area contributed by atoms with E-state index < -0.39 is 0 Å². The highest BCUT2D eigenvalue weighted by Gasteiger charge is 2.28. The third-order valence-electron chi connectivity index (χ3n) is 3.05. The summed E-state index contributed by atoms with van der Waals surface area (Å²) in [6.45, 7) is 9.12. The molecule has 1 saturated heterocycles. The minimum atomic E-state index is 0.445. The Morgan fingerprint density at radius 3 is 2.79 bits per heavy atom. The number of hydrogen-bond donors (Lipinski definition) is 1. The Morgan fingerprint density at radius 2 is 2.36 bits per heavy atom. The topological polar surface area (TPSA) is 21.3 Å². The van der Waals surface area contributed by atoms with Gasteiger partial charge < -0.3 is 10.1 Å². The van der Waals surface area contributed by atoms with Crippen molar-refractivity contribution in [3.05, 3.63) is 12.2 Å². The van der Waals surface area contributed by atoms with E-state index in [0.29, 0.717) is 18.1 Å². The molecule has 0 aromatic carbocycles. The molecule has 0 spiro atoms. The molecule has 1 fully saturated rings. The Balaban J connectivity index is 2.34. The summed E-state index contributed by atoms with van der Waals surface area (Å²) in [5.41, 5.74) is 1.28. The van der Waals surface area contributed by atoms with Gasteiger partial charge in [-0.15, -0.1) is 6.58 Å². The van der Waals surface area contributed by atoms with E-state index in [1.807, 2.05) is 7.05 Å². The minimum absolute atomic E-state index is 0.445. The molecule has 3 unspecified atom stereocenters. The molecule has 0 amide bonds. The van der Waals surface area contributed by atoms with Crippen LogP contribution < -0.4 is 5.32 Å². The quantitative estimate of drug-likeness (QED) is 0.683. The van der Waals surface area contributed by atoms with Gasteiger partial charge in [-0.05, 0) is 40.2 Å². The molecule has 1 N–H and O–H groups in total. The average Bonchev–Trinajstić information content (AvgIpc) is 2.53. The van der Waals surface area contributed by atoms with Crippen molar-refractivity contribution >= 4 is 0 Å². The lowest BCUT2D eigenvalue weighted by atomic mass is 9.92. The standard InChI is InChI=1S/C12H23NO/c1-9(2)5-6-12(13-4)11-7-10(3)14-8-11/h10-13H,1,5-8H2,2-4H3. The Bertz CT molecular complexity index is 191. The molecule has 3 atom stereocenters. The van der Waals surface area contributed by atoms with Crippen LogP contribution >= 0.6 is 0 Å². The molecule has 1 heterocycles. The van der Waals surface area contributed by atoms with Gasteiger partial charge in [0.15, 0.2) is 0 Å². The molecule has 0 radical (unpaired) electrons. The molecule has 0 bridgehead atoms. The molecule has 2 heteroatoms. The van der Waals surface area contributed by atoms with Crippen LogP contribution in [0.3, 0.4) is 0 Å². The molecule has 1 rings (SSSR count). The van der Waals surface area contributed by atoms with Crippen LogP contribution in [0, 0.1) is 5.92 Å². The number of hydrogen-bond acceptors (Lipinski definition) is 2. The van der Waals surface area contributed by atoms with Gasteiger partial charge in [-0.25, -0.2) is 0 Å². The molecule has 82 valence electrons. The van der Waals surface area contributed by atoms with Crippen molar-refractivity contribution in [3.8, 4) is 0 Å². The second kappa shape index (κ2) is 5.52. The van der Waals surface area contributed by atoms with E-state index >= 15 is 0 Å². The third kappa shape index (κ3) is 3.43. The van der Waals surface area contributed by atoms with Gasteiger partial charge >= 0.3 is 0 Å². The van der Waals surface area contributed by atoms with Gasteiger partial charge in [0.05, 0.1) is 12.7 Å². The van der Waals surface area contributed by atoms with E-state index in [1.165, 1.54) is 18.4 Å². The van der Waals surface area contributed by atoms with Crippen molar-refractivity contribution in [1.29, 1.82) is 0 Å². The summed E-state index contributed by atoms with van der Waals surface area (Å²) < 4.78 is 5.59. The van der Waals surface area contributed by atoms with Gasteiger partial charge in [-0.1, -0.05) is 5.57 Å². The fourth-order valence-corrected chi connectivity index (χ4v) is 2.15. The van der Waals surface area contributed by atoms with E-state index in [9.17, 15) is 0 Å². The molecule has 14 heavy (non-hydrogen) atoms. The van der Waals surface area contributed by atoms with Crippen molar-refractivity contribution in [3.63, 3.8) is 0 Å². The van der Waals surface area contributed by atoms with Crippen LogP contribution in [-0.4, -0.2) is 25.8 Å². The van der Waals surface area contributed by atoms with Gasteiger partial charge in [0, 0.05) is 12.0 Å². The molecule has 0 aromatic heterocycles. The summed E-state index contributed by atoms with van der Waals surface area (Å²) >= 11 is 0. The molecule has 0 saturated carbocycles. The number of nitrogens with one attached hydrogen (secondary N) is 1. The van der Waals surface area contributed by atoms with E-state index in [2.05, 4.69) is 25.7 Å². The molecule has 1 aliphatic heterocycles. The summed E-state index contributed by atoms with van der Waals surface area (Å²) in [5, 5.41) is 3.40. The van der Waals surface area contributed by atoms with Crippen LogP contribution in [-0.2, 0) is 4.74 Å². The van der Waals surface area contributed by atoms with Gasteiger partial charge in [0.2, 0.25) is 0 Å². The normalized spacial score (nSPS) is 29.1. The summed E-state index contributed by atoms with van der Waals surface area (Å²) in [6.07, 6.45) is 3.95. The van der Waals surface area contributed by atoms with E-state index in [1.54, 1.807) is 0 Å². The maximum Gasteiger partial charge on any atom is 0.0551 e. The monoisotopic (exact) mass is 197 g/mol. The SMILES string of the molecule is C=C(C)CCC(NC)C1COC(C)C1. The van der Waals surface area contributed by atoms with Crippen molar-refractivity contribution < 1.29 is 4.74 Å². The highest BCUT2D eigenvalue weighted by Crippen LogP contribution is 2.25. The predicted octanol–water partition coefficient (Wildman–Crippen LogP) is 2.36. The van der Waals surface area contributed by atoms with Crippen LogP contribution in [0.2, 0.25) is 0 Å². The second-order valence-corrected chi connectivity index (χ2v) is 4.53. The Labute approximate surface area is 87.7 Å². The first-order chi connectivity index (χ1) is 6.63. The van der Waals surface area contributed by atoms with Gasteiger partial charge in [0.1, 0.15) is 0 Å². The second-order valence-electron chi connectivity index (χ2n) is 4.53. The molecular weight excluding hydrogens is 174 g/mol. The fraction of sp³-hybridized carbons (Fsp3) is 0.833. The van der Waals surface area contributed by atoms with Gasteiger partial charge in [0.25, 0.3) is 0 Å². The summed E-state index contributed by atoms with van der Waals surface area (Å²) in [7, 11) is 2.05. The van der Waals surface area contributed by atoms with Crippen molar-refractivity contribution in [2.45, 2.75) is 45.3 Å². The third-order valence-corrected chi connectivity index (χ3v) is 3.05. The lowest BCUT2D eigenvalue weighted by molar-refractivity contribution is 0.117. The lowest BCUT2D eigenvalue weighted by Gasteiger charge is -2.21. The van der Waals surface area contributed by atoms with Gasteiger partial charge in [-0.3, -0.25) is 0 Å². The zero-order valence-corrected chi connectivity index (χ0v) is 9.68. The minimum Gasteiger partial charge on any atom is -0.378 e. The number of ether oxygens (including phenoxy) is 1. The van der Waals surface area contributed by atoms with Crippen LogP contribution in [0.15, 0.2) is 12.2 Å². The number of rotatable bonds is 5. The first-order valence-electron chi connectivity index (χ1n) is 5.56. The average molecular weight is 197 g/mol. The van der Waals surface area contributed by atoms with Crippen molar-refractivity contribution in [2.75, 3.05) is 13.7 Å². The van der Waals surface area contributed by atoms with E-state index in [0.717, 1.165) is 13.0 Å². The van der Waals surface area contributed by atoms with Crippen LogP contribution in [0.1, 0.15) is 33.1 Å². The van der Waals surface area contributed by atoms with Crippen LogP contribution in [0.5, 0.6) is 0 Å². The maximum atomic E-state index is 5.59. The van der Waals surface area contributed by atoms with E-state index in [-0.39, 0.29) is 0 Å². The van der Waals surface area contributed by atoms with Crippen molar-refractivity contribution in [1.82, 2.24) is 5.32 Å². The smallest absolute Gasteiger partial charge is 0.0551 e. The molecular formula is C12H23NO. The molecule has 0 aliphatic carbocycles. The highest BCUT2D eigenvalue weighted by molar-refractivity contribution is 4.91. The molecule has 2 nitrogen and oxygen atoms in total. The highest BCUT2D eigenvalue weighted by atomic mass is 16.5. The number of allylic oxidation sites excluding steroid dienone is 1. The maximum absolute atomic E-state index is 5.59. The fourth-order valence-electron chi connectivity index (χ4n) is 2.15. The Hall–Kier alpha value is -0.340. The predicted molar refractivity (Wildman–Crippen MR) is 60.4 cm³/mol. The zero-order chi connectivity index (χ0) is 10.6. The zero-order valence-electron chi connectivity index (χ0n) is 9.68. The molecule has 0 aromatic rings. The molecule has 1 aliphatic rings.